The molecule has 2 heteroatoms. The van der Waals surface area contributed by atoms with Crippen molar-refractivity contribution in [1.29, 1.82) is 0 Å². The molecule has 0 amide bonds. The van der Waals surface area contributed by atoms with Gasteiger partial charge < -0.3 is 4.74 Å². The van der Waals surface area contributed by atoms with Gasteiger partial charge in [0, 0.05) is 6.92 Å². The number of hydrogen-bond donors (Lipinski definition) is 0. The van der Waals surface area contributed by atoms with E-state index in [1.807, 2.05) is 0 Å². The Hall–Kier alpha value is -0.530. The average molecular weight is 222 g/mol. The number of carbonyl (C=O) groups excluding carboxylic acids is 1. The van der Waals surface area contributed by atoms with E-state index in [0.29, 0.717) is 5.41 Å². The highest BCUT2D eigenvalue weighted by molar-refractivity contribution is 5.66. The van der Waals surface area contributed by atoms with E-state index in [9.17, 15) is 4.79 Å². The van der Waals surface area contributed by atoms with Gasteiger partial charge in [-0.05, 0) is 55.3 Å². The summed E-state index contributed by atoms with van der Waals surface area (Å²) < 4.78 is 5.73. The highest BCUT2D eigenvalue weighted by Crippen LogP contribution is 2.64. The van der Waals surface area contributed by atoms with Crippen LogP contribution in [0.5, 0.6) is 0 Å². The van der Waals surface area contributed by atoms with Crippen LogP contribution in [0.1, 0.15) is 52.9 Å². The Bertz CT molecular complexity index is 338. The molecule has 4 aliphatic carbocycles. The van der Waals surface area contributed by atoms with E-state index >= 15 is 0 Å². The molecule has 2 nitrogen and oxygen atoms in total. The Morgan fingerprint density at radius 1 is 1.31 bits per heavy atom. The fourth-order valence-corrected chi connectivity index (χ4v) is 5.17. The SMILES string of the molecule is CC(=O)OC12CC3CC(C1)C(C)C(C)(C3)C2. The van der Waals surface area contributed by atoms with E-state index < -0.39 is 0 Å². The van der Waals surface area contributed by atoms with Crippen LogP contribution in [0, 0.1) is 23.2 Å². The van der Waals surface area contributed by atoms with Gasteiger partial charge in [0.2, 0.25) is 0 Å². The maximum absolute atomic E-state index is 11.3. The van der Waals surface area contributed by atoms with Crippen LogP contribution < -0.4 is 0 Å². The third-order valence-electron chi connectivity index (χ3n) is 5.58. The summed E-state index contributed by atoms with van der Waals surface area (Å²) in [5, 5.41) is 0. The Labute approximate surface area is 97.7 Å². The van der Waals surface area contributed by atoms with Crippen molar-refractivity contribution in [3.8, 4) is 0 Å². The Morgan fingerprint density at radius 3 is 2.69 bits per heavy atom. The minimum Gasteiger partial charge on any atom is -0.459 e. The predicted molar refractivity (Wildman–Crippen MR) is 61.8 cm³/mol. The monoisotopic (exact) mass is 222 g/mol. The fraction of sp³-hybridized carbons (Fsp3) is 0.929. The van der Waals surface area contributed by atoms with Gasteiger partial charge in [-0.3, -0.25) is 4.79 Å². The Morgan fingerprint density at radius 2 is 2.06 bits per heavy atom. The maximum Gasteiger partial charge on any atom is 0.303 e. The molecule has 4 aliphatic rings. The van der Waals surface area contributed by atoms with Crippen LogP contribution in [0.15, 0.2) is 0 Å². The zero-order valence-corrected chi connectivity index (χ0v) is 10.6. The third-order valence-corrected chi connectivity index (χ3v) is 5.58. The van der Waals surface area contributed by atoms with Gasteiger partial charge >= 0.3 is 5.97 Å². The smallest absolute Gasteiger partial charge is 0.303 e. The molecule has 4 bridgehead atoms. The first-order valence-electron chi connectivity index (χ1n) is 6.62. The van der Waals surface area contributed by atoms with Gasteiger partial charge in [-0.25, -0.2) is 0 Å². The fourth-order valence-electron chi connectivity index (χ4n) is 5.17. The zero-order valence-electron chi connectivity index (χ0n) is 10.6. The summed E-state index contributed by atoms with van der Waals surface area (Å²) in [6, 6.07) is 0. The summed E-state index contributed by atoms with van der Waals surface area (Å²) in [5.74, 6) is 2.34. The highest BCUT2D eigenvalue weighted by atomic mass is 16.6. The molecule has 0 aromatic heterocycles. The average Bonchev–Trinajstić information content (AvgIpc) is 2.10. The van der Waals surface area contributed by atoms with Crippen molar-refractivity contribution in [2.24, 2.45) is 23.2 Å². The predicted octanol–water partition coefficient (Wildman–Crippen LogP) is 3.15. The Balaban J connectivity index is 1.92. The van der Waals surface area contributed by atoms with E-state index in [0.717, 1.165) is 37.0 Å². The number of hydrogen-bond acceptors (Lipinski definition) is 2. The minimum absolute atomic E-state index is 0.0844. The van der Waals surface area contributed by atoms with Gasteiger partial charge in [0.15, 0.2) is 0 Å². The molecule has 0 saturated heterocycles. The molecule has 16 heavy (non-hydrogen) atoms. The minimum atomic E-state index is -0.0850. The molecule has 0 radical (unpaired) electrons. The highest BCUT2D eigenvalue weighted by Gasteiger charge is 2.60. The zero-order chi connectivity index (χ0) is 11.6. The molecule has 0 aromatic rings. The molecule has 5 atom stereocenters. The first kappa shape index (κ1) is 10.6. The summed E-state index contributed by atoms with van der Waals surface area (Å²) in [7, 11) is 0. The number of rotatable bonds is 1. The second kappa shape index (κ2) is 3.02. The van der Waals surface area contributed by atoms with E-state index in [4.69, 9.17) is 4.74 Å². The summed E-state index contributed by atoms with van der Waals surface area (Å²) >= 11 is 0. The van der Waals surface area contributed by atoms with Crippen molar-refractivity contribution in [3.05, 3.63) is 0 Å². The van der Waals surface area contributed by atoms with Crippen molar-refractivity contribution >= 4 is 5.97 Å². The summed E-state index contributed by atoms with van der Waals surface area (Å²) in [6.45, 7) is 6.38. The van der Waals surface area contributed by atoms with Crippen molar-refractivity contribution < 1.29 is 9.53 Å². The second-order valence-corrected chi connectivity index (χ2v) is 6.87. The van der Waals surface area contributed by atoms with Crippen LogP contribution in [-0.2, 0) is 9.53 Å². The van der Waals surface area contributed by atoms with Crippen molar-refractivity contribution in [1.82, 2.24) is 0 Å². The topological polar surface area (TPSA) is 26.3 Å². The van der Waals surface area contributed by atoms with E-state index in [1.165, 1.54) is 12.8 Å². The lowest BCUT2D eigenvalue weighted by Gasteiger charge is -2.63. The summed E-state index contributed by atoms with van der Waals surface area (Å²) in [4.78, 5) is 11.3. The Kier molecular flexibility index (Phi) is 2.01. The van der Waals surface area contributed by atoms with E-state index in [2.05, 4.69) is 13.8 Å². The molecule has 0 N–H and O–H groups in total. The molecule has 0 spiro atoms. The van der Waals surface area contributed by atoms with E-state index in [1.54, 1.807) is 6.92 Å². The molecular weight excluding hydrogens is 200 g/mol. The third kappa shape index (κ3) is 1.34. The first-order valence-corrected chi connectivity index (χ1v) is 6.62. The molecule has 4 saturated carbocycles. The first-order chi connectivity index (χ1) is 7.42. The molecule has 0 aliphatic heterocycles. The normalized spacial score (nSPS) is 54.1. The van der Waals surface area contributed by atoms with Crippen molar-refractivity contribution in [3.63, 3.8) is 0 Å². The van der Waals surface area contributed by atoms with Gasteiger partial charge in [-0.2, -0.15) is 0 Å². The molecule has 5 unspecified atom stereocenters. The standard InChI is InChI=1S/C14H22O2/c1-9-12-4-11-5-13(9,3)8-14(6-11,7-12)16-10(2)15/h9,11-12H,4-8H2,1-3H3. The van der Waals surface area contributed by atoms with Crippen LogP contribution in [0.3, 0.4) is 0 Å². The number of ether oxygens (including phenoxy) is 1. The second-order valence-electron chi connectivity index (χ2n) is 6.87. The lowest BCUT2D eigenvalue weighted by molar-refractivity contribution is -0.211. The number of carbonyl (C=O) groups is 1. The van der Waals surface area contributed by atoms with Gasteiger partial charge in [0.1, 0.15) is 5.60 Å². The number of esters is 1. The summed E-state index contributed by atoms with van der Waals surface area (Å²) in [5.41, 5.74) is 0.346. The largest absolute Gasteiger partial charge is 0.459 e. The van der Waals surface area contributed by atoms with Crippen LogP contribution in [0.2, 0.25) is 0 Å². The molecule has 4 rings (SSSR count). The van der Waals surface area contributed by atoms with Crippen LogP contribution in [0.4, 0.5) is 0 Å². The van der Waals surface area contributed by atoms with Crippen LogP contribution in [0.25, 0.3) is 0 Å². The lowest BCUT2D eigenvalue weighted by Crippen LogP contribution is -2.59. The molecule has 0 aromatic carbocycles. The quantitative estimate of drug-likeness (QED) is 0.637. The molecule has 4 fully saturated rings. The van der Waals surface area contributed by atoms with Gasteiger partial charge in [0.25, 0.3) is 0 Å². The van der Waals surface area contributed by atoms with Gasteiger partial charge in [-0.15, -0.1) is 0 Å². The molecular formula is C14H22O2. The van der Waals surface area contributed by atoms with Gasteiger partial charge in [0.05, 0.1) is 0 Å². The van der Waals surface area contributed by atoms with Crippen LogP contribution >= 0.6 is 0 Å². The summed E-state index contributed by atoms with van der Waals surface area (Å²) in [6.07, 6.45) is 6.09. The van der Waals surface area contributed by atoms with Gasteiger partial charge in [-0.1, -0.05) is 13.8 Å². The van der Waals surface area contributed by atoms with E-state index in [-0.39, 0.29) is 11.6 Å². The lowest BCUT2D eigenvalue weighted by atomic mass is 9.44. The maximum atomic E-state index is 11.3. The van der Waals surface area contributed by atoms with Crippen LogP contribution in [-0.4, -0.2) is 11.6 Å². The van der Waals surface area contributed by atoms with Crippen molar-refractivity contribution in [2.45, 2.75) is 58.5 Å². The molecule has 0 heterocycles. The molecule has 90 valence electrons. The van der Waals surface area contributed by atoms with Crippen molar-refractivity contribution in [2.75, 3.05) is 0 Å².